The average molecular weight is 314 g/mol. The number of hydrogen-bond donors (Lipinski definition) is 2. The van der Waals surface area contributed by atoms with E-state index in [4.69, 9.17) is 9.47 Å². The van der Waals surface area contributed by atoms with Crippen LogP contribution < -0.4 is 0 Å². The lowest BCUT2D eigenvalue weighted by molar-refractivity contribution is -0.0744. The molecule has 0 aromatic heterocycles. The molecule has 0 aromatic carbocycles. The first kappa shape index (κ1) is 19.6. The largest absolute Gasteiger partial charge is 0.388 e. The van der Waals surface area contributed by atoms with E-state index < -0.39 is 18.3 Å². The summed E-state index contributed by atoms with van der Waals surface area (Å²) in [5.74, 6) is 0. The molecule has 1 rings (SSSR count). The molecule has 130 valence electrons. The van der Waals surface area contributed by atoms with Crippen LogP contribution in [-0.2, 0) is 9.47 Å². The van der Waals surface area contributed by atoms with E-state index in [0.717, 1.165) is 25.7 Å². The van der Waals surface area contributed by atoms with E-state index in [1.807, 2.05) is 13.0 Å². The molecular formula is C18H34O4. The van der Waals surface area contributed by atoms with Gasteiger partial charge in [-0.3, -0.25) is 0 Å². The van der Waals surface area contributed by atoms with Crippen LogP contribution in [0, 0.1) is 0 Å². The molecule has 4 heteroatoms. The van der Waals surface area contributed by atoms with E-state index in [1.165, 1.54) is 32.1 Å². The summed E-state index contributed by atoms with van der Waals surface area (Å²) in [4.78, 5) is 0. The Kier molecular flexibility index (Phi) is 9.96. The summed E-state index contributed by atoms with van der Waals surface area (Å²) in [6, 6.07) is 0. The number of hydrogen-bond acceptors (Lipinski definition) is 4. The molecule has 0 aliphatic carbocycles. The molecule has 1 fully saturated rings. The zero-order valence-electron chi connectivity index (χ0n) is 14.2. The number of rotatable bonds is 12. The van der Waals surface area contributed by atoms with Gasteiger partial charge in [0.25, 0.3) is 0 Å². The van der Waals surface area contributed by atoms with E-state index in [1.54, 1.807) is 7.11 Å². The predicted octanol–water partition coefficient (Wildman–Crippen LogP) is 3.21. The SMILES string of the molecule is C=CCCCCCCCCCC1OC(C(C)OC)C(O)C1O. The van der Waals surface area contributed by atoms with Crippen molar-refractivity contribution in [2.45, 2.75) is 95.2 Å². The maximum atomic E-state index is 10.1. The standard InChI is InChI=1S/C18H34O4/c1-4-5-6-7-8-9-10-11-12-13-15-16(19)17(20)18(22-15)14(2)21-3/h4,14-20H,1,5-13H2,2-3H3. The minimum Gasteiger partial charge on any atom is -0.388 e. The number of methoxy groups -OCH3 is 1. The van der Waals surface area contributed by atoms with Gasteiger partial charge in [-0.25, -0.2) is 0 Å². The maximum Gasteiger partial charge on any atom is 0.112 e. The van der Waals surface area contributed by atoms with Gasteiger partial charge < -0.3 is 19.7 Å². The molecule has 2 N–H and O–H groups in total. The molecule has 1 aliphatic rings. The summed E-state index contributed by atoms with van der Waals surface area (Å²) < 4.78 is 11.0. The van der Waals surface area contributed by atoms with Gasteiger partial charge in [0.2, 0.25) is 0 Å². The first-order valence-corrected chi connectivity index (χ1v) is 8.77. The Labute approximate surface area is 135 Å². The van der Waals surface area contributed by atoms with Crippen LogP contribution in [0.2, 0.25) is 0 Å². The highest BCUT2D eigenvalue weighted by Gasteiger charge is 2.44. The first-order chi connectivity index (χ1) is 10.6. The van der Waals surface area contributed by atoms with Crippen LogP contribution in [0.1, 0.15) is 64.7 Å². The molecule has 0 bridgehead atoms. The van der Waals surface area contributed by atoms with Gasteiger partial charge in [0.15, 0.2) is 0 Å². The van der Waals surface area contributed by atoms with Gasteiger partial charge in [0.05, 0.1) is 12.2 Å². The Morgan fingerprint density at radius 1 is 1.05 bits per heavy atom. The summed E-state index contributed by atoms with van der Waals surface area (Å²) in [7, 11) is 1.59. The fraction of sp³-hybridized carbons (Fsp3) is 0.889. The normalized spacial score (nSPS) is 29.6. The van der Waals surface area contributed by atoms with Gasteiger partial charge in [-0.2, -0.15) is 0 Å². The third-order valence-electron chi connectivity index (χ3n) is 4.63. The van der Waals surface area contributed by atoms with Crippen LogP contribution >= 0.6 is 0 Å². The lowest BCUT2D eigenvalue weighted by Crippen LogP contribution is -2.38. The summed E-state index contributed by atoms with van der Waals surface area (Å²) in [6.07, 6.45) is 9.94. The predicted molar refractivity (Wildman–Crippen MR) is 88.9 cm³/mol. The van der Waals surface area contributed by atoms with Gasteiger partial charge >= 0.3 is 0 Å². The molecule has 5 unspecified atom stereocenters. The Morgan fingerprint density at radius 2 is 1.64 bits per heavy atom. The van der Waals surface area contributed by atoms with Gasteiger partial charge in [0, 0.05) is 7.11 Å². The molecule has 0 spiro atoms. The Balaban J connectivity index is 2.08. The minimum atomic E-state index is -0.843. The topological polar surface area (TPSA) is 58.9 Å². The molecule has 5 atom stereocenters. The molecule has 0 amide bonds. The van der Waals surface area contributed by atoms with E-state index in [2.05, 4.69) is 6.58 Å². The zero-order chi connectivity index (χ0) is 16.4. The highest BCUT2D eigenvalue weighted by atomic mass is 16.6. The van der Waals surface area contributed by atoms with Crippen LogP contribution in [0.4, 0.5) is 0 Å². The number of ether oxygens (including phenoxy) is 2. The second kappa shape index (κ2) is 11.2. The summed E-state index contributed by atoms with van der Waals surface area (Å²) in [5, 5.41) is 20.1. The Bertz CT molecular complexity index is 295. The number of unbranched alkanes of at least 4 members (excludes halogenated alkanes) is 7. The van der Waals surface area contributed by atoms with Crippen molar-refractivity contribution in [1.82, 2.24) is 0 Å². The van der Waals surface area contributed by atoms with Crippen molar-refractivity contribution in [1.29, 1.82) is 0 Å². The fourth-order valence-corrected chi connectivity index (χ4v) is 3.06. The highest BCUT2D eigenvalue weighted by Crippen LogP contribution is 2.28. The second-order valence-electron chi connectivity index (χ2n) is 6.40. The number of aliphatic hydroxyl groups excluding tert-OH is 2. The fourth-order valence-electron chi connectivity index (χ4n) is 3.06. The second-order valence-corrected chi connectivity index (χ2v) is 6.40. The summed E-state index contributed by atoms with van der Waals surface area (Å²) in [6.45, 7) is 5.59. The minimum absolute atomic E-state index is 0.204. The van der Waals surface area contributed by atoms with Crippen molar-refractivity contribution < 1.29 is 19.7 Å². The van der Waals surface area contributed by atoms with Crippen molar-refractivity contribution in [2.75, 3.05) is 7.11 Å². The van der Waals surface area contributed by atoms with Crippen molar-refractivity contribution in [2.24, 2.45) is 0 Å². The van der Waals surface area contributed by atoms with E-state index >= 15 is 0 Å². The lowest BCUT2D eigenvalue weighted by Gasteiger charge is -2.20. The summed E-state index contributed by atoms with van der Waals surface area (Å²) in [5.41, 5.74) is 0. The Morgan fingerprint density at radius 3 is 2.23 bits per heavy atom. The molecule has 22 heavy (non-hydrogen) atoms. The molecule has 1 saturated heterocycles. The molecule has 0 aromatic rings. The van der Waals surface area contributed by atoms with Crippen LogP contribution in [0.15, 0.2) is 12.7 Å². The first-order valence-electron chi connectivity index (χ1n) is 8.77. The van der Waals surface area contributed by atoms with Crippen LogP contribution in [0.3, 0.4) is 0 Å². The number of aliphatic hydroxyl groups is 2. The monoisotopic (exact) mass is 314 g/mol. The Hall–Kier alpha value is -0.420. The average Bonchev–Trinajstić information content (AvgIpc) is 2.81. The summed E-state index contributed by atoms with van der Waals surface area (Å²) >= 11 is 0. The van der Waals surface area contributed by atoms with Crippen molar-refractivity contribution >= 4 is 0 Å². The zero-order valence-corrected chi connectivity index (χ0v) is 14.2. The molecule has 1 heterocycles. The smallest absolute Gasteiger partial charge is 0.112 e. The van der Waals surface area contributed by atoms with Crippen molar-refractivity contribution in [3.05, 3.63) is 12.7 Å². The van der Waals surface area contributed by atoms with Gasteiger partial charge in [-0.1, -0.05) is 44.6 Å². The highest BCUT2D eigenvalue weighted by molar-refractivity contribution is 4.93. The van der Waals surface area contributed by atoms with E-state index in [-0.39, 0.29) is 12.2 Å². The molecule has 0 radical (unpaired) electrons. The molecule has 0 saturated carbocycles. The molecule has 1 aliphatic heterocycles. The van der Waals surface area contributed by atoms with Crippen LogP contribution in [0.25, 0.3) is 0 Å². The van der Waals surface area contributed by atoms with Crippen molar-refractivity contribution in [3.63, 3.8) is 0 Å². The lowest BCUT2D eigenvalue weighted by atomic mass is 10.0. The van der Waals surface area contributed by atoms with Crippen LogP contribution in [0.5, 0.6) is 0 Å². The van der Waals surface area contributed by atoms with Gasteiger partial charge in [0.1, 0.15) is 18.3 Å². The van der Waals surface area contributed by atoms with Crippen molar-refractivity contribution in [3.8, 4) is 0 Å². The third-order valence-corrected chi connectivity index (χ3v) is 4.63. The maximum absolute atomic E-state index is 10.1. The van der Waals surface area contributed by atoms with E-state index in [9.17, 15) is 10.2 Å². The number of allylic oxidation sites excluding steroid dienone is 1. The third kappa shape index (κ3) is 6.37. The van der Waals surface area contributed by atoms with Gasteiger partial charge in [-0.15, -0.1) is 6.58 Å². The molecular weight excluding hydrogens is 280 g/mol. The quantitative estimate of drug-likeness (QED) is 0.429. The van der Waals surface area contributed by atoms with E-state index in [0.29, 0.717) is 0 Å². The molecule has 4 nitrogen and oxygen atoms in total. The van der Waals surface area contributed by atoms with Crippen LogP contribution in [-0.4, -0.2) is 47.8 Å². The van der Waals surface area contributed by atoms with Gasteiger partial charge in [-0.05, 0) is 26.2 Å².